The van der Waals surface area contributed by atoms with Crippen LogP contribution in [0, 0.1) is 11.3 Å². The smallest absolute Gasteiger partial charge is 0.0785 e. The van der Waals surface area contributed by atoms with E-state index in [1.54, 1.807) is 13.4 Å². The van der Waals surface area contributed by atoms with Crippen molar-refractivity contribution in [2.45, 2.75) is 58.5 Å². The highest BCUT2D eigenvalue weighted by Gasteiger charge is 2.38. The molecule has 2 nitrogen and oxygen atoms in total. The Bertz CT molecular complexity index is 240. The van der Waals surface area contributed by atoms with Crippen molar-refractivity contribution in [2.75, 3.05) is 7.11 Å². The van der Waals surface area contributed by atoms with Gasteiger partial charge in [0.25, 0.3) is 0 Å². The van der Waals surface area contributed by atoms with Crippen molar-refractivity contribution in [3.05, 3.63) is 18.3 Å². The van der Waals surface area contributed by atoms with Crippen molar-refractivity contribution >= 4 is 0 Å². The van der Waals surface area contributed by atoms with Crippen molar-refractivity contribution in [3.8, 4) is 0 Å². The minimum atomic E-state index is -0.546. The lowest BCUT2D eigenvalue weighted by atomic mass is 9.67. The monoisotopic (exact) mass is 225 g/mol. The topological polar surface area (TPSA) is 29.5 Å². The molecule has 1 radical (unpaired) electrons. The van der Waals surface area contributed by atoms with E-state index in [4.69, 9.17) is 4.74 Å². The quantitative estimate of drug-likeness (QED) is 0.745. The molecule has 0 heterocycles. The molecule has 93 valence electrons. The third kappa shape index (κ3) is 3.82. The summed E-state index contributed by atoms with van der Waals surface area (Å²) in [6.45, 7) is 6.71. The van der Waals surface area contributed by atoms with Crippen LogP contribution in [0.4, 0.5) is 0 Å². The normalized spacial score (nSPS) is 28.6. The molecule has 1 aliphatic carbocycles. The highest BCUT2D eigenvalue weighted by Crippen LogP contribution is 2.44. The van der Waals surface area contributed by atoms with Crippen LogP contribution in [0.15, 0.2) is 12.3 Å². The summed E-state index contributed by atoms with van der Waals surface area (Å²) >= 11 is 0. The summed E-state index contributed by atoms with van der Waals surface area (Å²) in [5.74, 6) is 1.49. The molecule has 0 aromatic heterocycles. The minimum Gasteiger partial charge on any atom is -0.505 e. The molecule has 0 aliphatic heterocycles. The minimum absolute atomic E-state index is 0.222. The number of aliphatic hydroxyl groups is 1. The Labute approximate surface area is 99.7 Å². The average Bonchev–Trinajstić information content (AvgIpc) is 2.16. The highest BCUT2D eigenvalue weighted by molar-refractivity contribution is 5.10. The largest absolute Gasteiger partial charge is 0.505 e. The maximum absolute atomic E-state index is 10.5. The predicted molar refractivity (Wildman–Crippen MR) is 66.9 cm³/mol. The van der Waals surface area contributed by atoms with Gasteiger partial charge in [0, 0.05) is 0 Å². The number of methoxy groups -OCH3 is 1. The van der Waals surface area contributed by atoms with Crippen molar-refractivity contribution in [1.29, 1.82) is 0 Å². The average molecular weight is 225 g/mol. The van der Waals surface area contributed by atoms with Gasteiger partial charge in [-0.1, -0.05) is 20.8 Å². The Balaban J connectivity index is 2.57. The second-order valence-electron chi connectivity index (χ2n) is 5.92. The van der Waals surface area contributed by atoms with Gasteiger partial charge in [0.05, 0.1) is 19.0 Å². The van der Waals surface area contributed by atoms with Gasteiger partial charge < -0.3 is 9.84 Å². The first kappa shape index (κ1) is 13.6. The van der Waals surface area contributed by atoms with Gasteiger partial charge in [-0.3, -0.25) is 0 Å². The molecule has 1 saturated carbocycles. The molecule has 0 amide bonds. The first-order chi connectivity index (χ1) is 7.37. The molecule has 1 aliphatic rings. The van der Waals surface area contributed by atoms with E-state index < -0.39 is 5.60 Å². The zero-order valence-electron chi connectivity index (χ0n) is 11.0. The second kappa shape index (κ2) is 5.22. The maximum atomic E-state index is 10.5. The van der Waals surface area contributed by atoms with E-state index in [-0.39, 0.29) is 5.41 Å². The highest BCUT2D eigenvalue weighted by atomic mass is 16.5. The van der Waals surface area contributed by atoms with Gasteiger partial charge in [0.1, 0.15) is 0 Å². The molecule has 0 saturated heterocycles. The Kier molecular flexibility index (Phi) is 4.43. The van der Waals surface area contributed by atoms with Crippen LogP contribution in [0.2, 0.25) is 0 Å². The van der Waals surface area contributed by atoms with Crippen LogP contribution < -0.4 is 0 Å². The van der Waals surface area contributed by atoms with Gasteiger partial charge in [-0.05, 0) is 49.5 Å². The molecule has 0 spiro atoms. The maximum Gasteiger partial charge on any atom is 0.0785 e. The van der Waals surface area contributed by atoms with Crippen LogP contribution in [0.1, 0.15) is 52.9 Å². The Morgan fingerprint density at radius 2 is 2.12 bits per heavy atom. The molecule has 0 bridgehead atoms. The van der Waals surface area contributed by atoms with Gasteiger partial charge in [-0.25, -0.2) is 0 Å². The summed E-state index contributed by atoms with van der Waals surface area (Å²) in [6, 6.07) is 0. The predicted octanol–water partition coefficient (Wildman–Crippen LogP) is 3.46. The van der Waals surface area contributed by atoms with Crippen molar-refractivity contribution in [3.63, 3.8) is 0 Å². The molecule has 1 atom stereocenters. The molecule has 1 unspecified atom stereocenters. The summed E-state index contributed by atoms with van der Waals surface area (Å²) in [7, 11) is 1.63. The summed E-state index contributed by atoms with van der Waals surface area (Å²) in [5.41, 5.74) is -0.324. The van der Waals surface area contributed by atoms with Crippen LogP contribution >= 0.6 is 0 Å². The Hall–Kier alpha value is -0.500. The van der Waals surface area contributed by atoms with E-state index in [1.807, 2.05) is 6.08 Å². The van der Waals surface area contributed by atoms with Gasteiger partial charge >= 0.3 is 0 Å². The fourth-order valence-electron chi connectivity index (χ4n) is 2.38. The third-order valence-corrected chi connectivity index (χ3v) is 3.45. The Morgan fingerprint density at radius 1 is 1.44 bits per heavy atom. The lowest BCUT2D eigenvalue weighted by molar-refractivity contribution is 0.00444. The van der Waals surface area contributed by atoms with E-state index in [0.29, 0.717) is 6.42 Å². The molecule has 0 aromatic carbocycles. The van der Waals surface area contributed by atoms with Crippen LogP contribution in [0.5, 0.6) is 0 Å². The van der Waals surface area contributed by atoms with Crippen LogP contribution in [0.25, 0.3) is 0 Å². The van der Waals surface area contributed by atoms with Crippen molar-refractivity contribution < 1.29 is 9.84 Å². The summed E-state index contributed by atoms with van der Waals surface area (Å²) in [4.78, 5) is 0. The second-order valence-corrected chi connectivity index (χ2v) is 5.92. The number of ether oxygens (including phenoxy) is 1. The summed E-state index contributed by atoms with van der Waals surface area (Å²) in [6.07, 6.45) is 8.28. The molecule has 1 fully saturated rings. The molecule has 16 heavy (non-hydrogen) atoms. The fraction of sp³-hybridized carbons (Fsp3) is 0.786. The number of hydrogen-bond acceptors (Lipinski definition) is 2. The van der Waals surface area contributed by atoms with Gasteiger partial charge in [-0.15, -0.1) is 0 Å². The van der Waals surface area contributed by atoms with Gasteiger partial charge in [0.2, 0.25) is 0 Å². The van der Waals surface area contributed by atoms with Crippen LogP contribution in [0.3, 0.4) is 0 Å². The first-order valence-corrected chi connectivity index (χ1v) is 6.13. The summed E-state index contributed by atoms with van der Waals surface area (Å²) in [5, 5.41) is 10.5. The number of hydrogen-bond donors (Lipinski definition) is 1. The van der Waals surface area contributed by atoms with E-state index >= 15 is 0 Å². The fourth-order valence-corrected chi connectivity index (χ4v) is 2.38. The Morgan fingerprint density at radius 3 is 2.69 bits per heavy atom. The lowest BCUT2D eigenvalue weighted by Gasteiger charge is -2.41. The van der Waals surface area contributed by atoms with E-state index in [2.05, 4.69) is 20.8 Å². The standard InChI is InChI=1S/C14H25O2/c1-13(2,3)12-7-5-8-14(15,11-12)9-6-10-16-4/h6,10,15H,5,7-9,11H2,1-4H3. The molecule has 0 aromatic rings. The zero-order valence-corrected chi connectivity index (χ0v) is 11.0. The molecular formula is C14H25O2. The molecule has 1 rings (SSSR count). The third-order valence-electron chi connectivity index (χ3n) is 3.45. The van der Waals surface area contributed by atoms with Crippen molar-refractivity contribution in [1.82, 2.24) is 0 Å². The zero-order chi connectivity index (χ0) is 12.2. The van der Waals surface area contributed by atoms with Crippen molar-refractivity contribution in [2.24, 2.45) is 5.41 Å². The molecule has 1 N–H and O–H groups in total. The van der Waals surface area contributed by atoms with Gasteiger partial charge in [0.15, 0.2) is 0 Å². The van der Waals surface area contributed by atoms with Crippen LogP contribution in [-0.4, -0.2) is 17.8 Å². The number of rotatable bonds is 3. The first-order valence-electron chi connectivity index (χ1n) is 6.13. The van der Waals surface area contributed by atoms with E-state index in [1.165, 1.54) is 12.3 Å². The molecule has 2 heteroatoms. The van der Waals surface area contributed by atoms with E-state index in [9.17, 15) is 5.11 Å². The SMILES string of the molecule is COC=CCC1(O)CCC[C](C(C)(C)C)C1. The molecular weight excluding hydrogens is 200 g/mol. The van der Waals surface area contributed by atoms with E-state index in [0.717, 1.165) is 19.3 Å². The van der Waals surface area contributed by atoms with Crippen LogP contribution in [-0.2, 0) is 4.74 Å². The summed E-state index contributed by atoms with van der Waals surface area (Å²) < 4.78 is 4.87. The van der Waals surface area contributed by atoms with Gasteiger partial charge in [-0.2, -0.15) is 0 Å². The lowest BCUT2D eigenvalue weighted by Crippen LogP contribution is -2.37.